The van der Waals surface area contributed by atoms with Gasteiger partial charge in [-0.15, -0.1) is 0 Å². The van der Waals surface area contributed by atoms with Crippen LogP contribution < -0.4 is 11.1 Å². The van der Waals surface area contributed by atoms with Crippen molar-refractivity contribution in [1.82, 2.24) is 5.32 Å². The van der Waals surface area contributed by atoms with Gasteiger partial charge < -0.3 is 11.1 Å². The quantitative estimate of drug-likeness (QED) is 0.822. The summed E-state index contributed by atoms with van der Waals surface area (Å²) in [6.45, 7) is -1.45. The minimum atomic E-state index is -4.49. The van der Waals surface area contributed by atoms with Crippen LogP contribution in [0.4, 0.5) is 18.9 Å². The number of benzene rings is 1. The Kier molecular flexibility index (Phi) is 4.11. The van der Waals surface area contributed by atoms with Gasteiger partial charge in [-0.1, -0.05) is 23.2 Å². The second-order valence-electron chi connectivity index (χ2n) is 3.16. The fraction of sp³-hybridized carbons (Fsp3) is 0.222. The van der Waals surface area contributed by atoms with E-state index in [1.54, 1.807) is 5.32 Å². The van der Waals surface area contributed by atoms with Gasteiger partial charge in [-0.3, -0.25) is 4.79 Å². The van der Waals surface area contributed by atoms with E-state index in [1.165, 1.54) is 6.07 Å². The molecule has 0 aliphatic rings. The lowest BCUT2D eigenvalue weighted by Gasteiger charge is -2.10. The van der Waals surface area contributed by atoms with Crippen molar-refractivity contribution in [3.8, 4) is 0 Å². The maximum atomic E-state index is 11.9. The van der Waals surface area contributed by atoms with Crippen molar-refractivity contribution in [2.24, 2.45) is 0 Å². The van der Waals surface area contributed by atoms with Gasteiger partial charge in [-0.25, -0.2) is 0 Å². The first-order chi connectivity index (χ1) is 7.70. The highest BCUT2D eigenvalue weighted by Crippen LogP contribution is 2.28. The highest BCUT2D eigenvalue weighted by atomic mass is 35.5. The first-order valence-corrected chi connectivity index (χ1v) is 5.06. The zero-order valence-electron chi connectivity index (χ0n) is 8.24. The van der Waals surface area contributed by atoms with Crippen molar-refractivity contribution in [1.29, 1.82) is 0 Å². The van der Waals surface area contributed by atoms with Crippen LogP contribution in [0.25, 0.3) is 0 Å². The SMILES string of the molecule is Nc1cc(Cl)c(Cl)c(C(=O)NCC(F)(F)F)c1. The minimum Gasteiger partial charge on any atom is -0.399 e. The van der Waals surface area contributed by atoms with Crippen LogP contribution >= 0.6 is 23.2 Å². The lowest BCUT2D eigenvalue weighted by molar-refractivity contribution is -0.123. The van der Waals surface area contributed by atoms with Crippen LogP contribution in [0.2, 0.25) is 10.0 Å². The molecule has 0 atom stereocenters. The molecule has 94 valence electrons. The normalized spacial score (nSPS) is 11.4. The van der Waals surface area contributed by atoms with Gasteiger partial charge in [0.05, 0.1) is 15.6 Å². The van der Waals surface area contributed by atoms with Crippen molar-refractivity contribution < 1.29 is 18.0 Å². The van der Waals surface area contributed by atoms with Crippen LogP contribution in [0, 0.1) is 0 Å². The Labute approximate surface area is 105 Å². The Morgan fingerprint density at radius 2 is 1.94 bits per heavy atom. The number of nitrogens with two attached hydrogens (primary N) is 1. The Morgan fingerprint density at radius 3 is 2.47 bits per heavy atom. The van der Waals surface area contributed by atoms with Crippen molar-refractivity contribution in [3.05, 3.63) is 27.7 Å². The molecule has 0 unspecified atom stereocenters. The van der Waals surface area contributed by atoms with Crippen LogP contribution in [0.3, 0.4) is 0 Å². The lowest BCUT2D eigenvalue weighted by Crippen LogP contribution is -2.33. The molecule has 0 fully saturated rings. The summed E-state index contributed by atoms with van der Waals surface area (Å²) in [7, 11) is 0. The van der Waals surface area contributed by atoms with Gasteiger partial charge >= 0.3 is 6.18 Å². The van der Waals surface area contributed by atoms with Crippen molar-refractivity contribution in [2.45, 2.75) is 6.18 Å². The Morgan fingerprint density at radius 1 is 1.35 bits per heavy atom. The van der Waals surface area contributed by atoms with E-state index in [0.717, 1.165) is 6.07 Å². The third kappa shape index (κ3) is 3.98. The maximum absolute atomic E-state index is 11.9. The number of hydrogen-bond acceptors (Lipinski definition) is 2. The number of halogens is 5. The molecule has 0 saturated carbocycles. The fourth-order valence-electron chi connectivity index (χ4n) is 1.05. The standard InChI is InChI=1S/C9H7Cl2F3N2O/c10-6-2-4(15)1-5(7(6)11)8(17)16-3-9(12,13)14/h1-2H,3,15H2,(H,16,17). The number of carbonyl (C=O) groups excluding carboxylic acids is 1. The number of carbonyl (C=O) groups is 1. The molecule has 0 spiro atoms. The van der Waals surface area contributed by atoms with E-state index in [1.807, 2.05) is 0 Å². The third-order valence-corrected chi connectivity index (χ3v) is 2.55. The molecule has 1 aromatic carbocycles. The van der Waals surface area contributed by atoms with E-state index in [2.05, 4.69) is 0 Å². The number of rotatable bonds is 2. The molecule has 8 heteroatoms. The molecule has 0 aliphatic carbocycles. The summed E-state index contributed by atoms with van der Waals surface area (Å²) in [5.41, 5.74) is 5.34. The number of nitrogens with one attached hydrogen (secondary N) is 1. The molecule has 0 aliphatic heterocycles. The zero-order valence-corrected chi connectivity index (χ0v) is 9.75. The predicted octanol–water partition coefficient (Wildman–Crippen LogP) is 2.87. The second-order valence-corrected chi connectivity index (χ2v) is 3.95. The molecule has 3 N–H and O–H groups in total. The summed E-state index contributed by atoms with van der Waals surface area (Å²) >= 11 is 11.3. The summed E-state index contributed by atoms with van der Waals surface area (Å²) in [4.78, 5) is 11.4. The van der Waals surface area contributed by atoms with Gasteiger partial charge in [0.1, 0.15) is 6.54 Å². The van der Waals surface area contributed by atoms with E-state index in [-0.39, 0.29) is 21.3 Å². The molecule has 3 nitrogen and oxygen atoms in total. The Balaban J connectivity index is 2.90. The summed E-state index contributed by atoms with van der Waals surface area (Å²) in [6.07, 6.45) is -4.49. The predicted molar refractivity (Wildman–Crippen MR) is 59.3 cm³/mol. The zero-order chi connectivity index (χ0) is 13.2. The fourth-order valence-corrected chi connectivity index (χ4v) is 1.47. The van der Waals surface area contributed by atoms with Gasteiger partial charge in [0.25, 0.3) is 5.91 Å². The second kappa shape index (κ2) is 5.01. The number of nitrogen functional groups attached to an aromatic ring is 1. The smallest absolute Gasteiger partial charge is 0.399 e. The molecular weight excluding hydrogens is 280 g/mol. The average molecular weight is 287 g/mol. The third-order valence-electron chi connectivity index (χ3n) is 1.74. The molecule has 0 radical (unpaired) electrons. The molecule has 1 amide bonds. The summed E-state index contributed by atoms with van der Waals surface area (Å²) in [5.74, 6) is -0.985. The van der Waals surface area contributed by atoms with E-state index >= 15 is 0 Å². The Bertz CT molecular complexity index is 449. The molecule has 17 heavy (non-hydrogen) atoms. The van der Waals surface area contributed by atoms with Crippen LogP contribution in [-0.4, -0.2) is 18.6 Å². The molecule has 0 aromatic heterocycles. The van der Waals surface area contributed by atoms with E-state index in [9.17, 15) is 18.0 Å². The van der Waals surface area contributed by atoms with Gasteiger partial charge in [-0.05, 0) is 12.1 Å². The number of anilines is 1. The number of amides is 1. The van der Waals surface area contributed by atoms with Gasteiger partial charge in [-0.2, -0.15) is 13.2 Å². The van der Waals surface area contributed by atoms with Gasteiger partial charge in [0, 0.05) is 5.69 Å². The summed E-state index contributed by atoms with van der Waals surface area (Å²) < 4.78 is 35.7. The van der Waals surface area contributed by atoms with E-state index < -0.39 is 18.6 Å². The first-order valence-electron chi connectivity index (χ1n) is 4.30. The van der Waals surface area contributed by atoms with E-state index in [4.69, 9.17) is 28.9 Å². The topological polar surface area (TPSA) is 55.1 Å². The van der Waals surface area contributed by atoms with Crippen LogP contribution in [0.1, 0.15) is 10.4 Å². The van der Waals surface area contributed by atoms with Crippen molar-refractivity contribution in [3.63, 3.8) is 0 Å². The first kappa shape index (κ1) is 13.9. The maximum Gasteiger partial charge on any atom is 0.405 e. The van der Waals surface area contributed by atoms with E-state index in [0.29, 0.717) is 0 Å². The molecule has 0 saturated heterocycles. The van der Waals surface area contributed by atoms with Crippen LogP contribution in [0.5, 0.6) is 0 Å². The molecule has 0 bridgehead atoms. The van der Waals surface area contributed by atoms with Gasteiger partial charge in [0.2, 0.25) is 0 Å². The largest absolute Gasteiger partial charge is 0.405 e. The van der Waals surface area contributed by atoms with Crippen LogP contribution in [0.15, 0.2) is 12.1 Å². The Hall–Kier alpha value is -1.14. The highest BCUT2D eigenvalue weighted by molar-refractivity contribution is 6.44. The summed E-state index contributed by atoms with van der Waals surface area (Å²) in [5, 5.41) is 1.54. The number of hydrogen-bond donors (Lipinski definition) is 2. The average Bonchev–Trinajstić information content (AvgIpc) is 2.19. The molecular formula is C9H7Cl2F3N2O. The van der Waals surface area contributed by atoms with Crippen molar-refractivity contribution >= 4 is 34.8 Å². The molecule has 0 heterocycles. The number of alkyl halides is 3. The molecule has 1 rings (SSSR count). The van der Waals surface area contributed by atoms with Crippen molar-refractivity contribution in [2.75, 3.05) is 12.3 Å². The minimum absolute atomic E-state index is 0.00354. The summed E-state index contributed by atoms with van der Waals surface area (Å²) in [6, 6.07) is 2.45. The molecule has 1 aromatic rings. The van der Waals surface area contributed by atoms with Gasteiger partial charge in [0.15, 0.2) is 0 Å². The van der Waals surface area contributed by atoms with Crippen LogP contribution in [-0.2, 0) is 0 Å². The highest BCUT2D eigenvalue weighted by Gasteiger charge is 2.28. The monoisotopic (exact) mass is 286 g/mol. The lowest BCUT2D eigenvalue weighted by atomic mass is 10.2.